The fourth-order valence-electron chi connectivity index (χ4n) is 4.97. The molecule has 1 fully saturated rings. The first-order valence-corrected chi connectivity index (χ1v) is 12.3. The maximum absolute atomic E-state index is 14.9. The number of aromatic nitrogens is 5. The van der Waals surface area contributed by atoms with Crippen LogP contribution in [0.3, 0.4) is 0 Å². The van der Waals surface area contributed by atoms with E-state index in [1.165, 1.54) is 24.9 Å². The van der Waals surface area contributed by atoms with Gasteiger partial charge in [-0.05, 0) is 30.5 Å². The molecule has 1 aromatic carbocycles. The molecule has 4 aromatic rings. The van der Waals surface area contributed by atoms with Crippen LogP contribution in [-0.2, 0) is 6.54 Å². The van der Waals surface area contributed by atoms with Gasteiger partial charge in [0.25, 0.3) is 6.43 Å². The first kappa shape index (κ1) is 28.4. The Morgan fingerprint density at radius 1 is 1.05 bits per heavy atom. The molecule has 1 aliphatic rings. The van der Waals surface area contributed by atoms with Crippen LogP contribution in [0.25, 0.3) is 22.4 Å². The molecule has 16 heteroatoms. The Kier molecular flexibility index (Phi) is 7.61. The van der Waals surface area contributed by atoms with E-state index in [9.17, 15) is 31.4 Å². The van der Waals surface area contributed by atoms with E-state index in [2.05, 4.69) is 24.7 Å². The van der Waals surface area contributed by atoms with E-state index in [-0.39, 0.29) is 36.6 Å². The number of hydrogen-bond donors (Lipinski definition) is 3. The maximum atomic E-state index is 14.9. The fraction of sp³-hybridized carbons (Fsp3) is 0.360. The number of imidazole rings is 1. The molecule has 1 saturated heterocycles. The van der Waals surface area contributed by atoms with Gasteiger partial charge in [-0.2, -0.15) is 8.78 Å². The molecular weight excluding hydrogens is 558 g/mol. The quantitative estimate of drug-likeness (QED) is 0.267. The summed E-state index contributed by atoms with van der Waals surface area (Å²) in [5.74, 6) is -3.13. The zero-order valence-electron chi connectivity index (χ0n) is 21.2. The highest BCUT2D eigenvalue weighted by Gasteiger charge is 2.43. The number of ether oxygens (including phenoxy) is 1. The molecule has 5 N–H and O–H groups in total. The lowest BCUT2D eigenvalue weighted by Gasteiger charge is -2.44. The molecule has 218 valence electrons. The molecule has 0 unspecified atom stereocenters. The molecular formula is C25H24F6N8O2. The maximum Gasteiger partial charge on any atom is 0.387 e. The van der Waals surface area contributed by atoms with Gasteiger partial charge < -0.3 is 30.8 Å². The highest BCUT2D eigenvalue weighted by molar-refractivity contribution is 5.81. The Balaban J connectivity index is 1.59. The average Bonchev–Trinajstić information content (AvgIpc) is 3.33. The number of nitrogens with zero attached hydrogens (tertiary/aromatic N) is 6. The molecule has 3 aromatic heterocycles. The normalized spacial score (nSPS) is 18.4. The minimum atomic E-state index is -3.36. The van der Waals surface area contributed by atoms with Crippen molar-refractivity contribution in [2.75, 3.05) is 23.7 Å². The number of rotatable bonds is 8. The summed E-state index contributed by atoms with van der Waals surface area (Å²) in [5.41, 5.74) is 11.7. The number of benzene rings is 1. The molecule has 0 radical (unpaired) electrons. The number of pyridine rings is 1. The zero-order valence-corrected chi connectivity index (χ0v) is 21.2. The van der Waals surface area contributed by atoms with Gasteiger partial charge in [0.05, 0.1) is 36.0 Å². The topological polar surface area (TPSA) is 141 Å². The van der Waals surface area contributed by atoms with Gasteiger partial charge in [0.1, 0.15) is 23.8 Å². The van der Waals surface area contributed by atoms with E-state index in [0.29, 0.717) is 47.5 Å². The van der Waals surface area contributed by atoms with E-state index in [0.717, 1.165) is 0 Å². The van der Waals surface area contributed by atoms with Gasteiger partial charge in [-0.15, -0.1) is 0 Å². The monoisotopic (exact) mass is 582 g/mol. The predicted octanol–water partition coefficient (Wildman–Crippen LogP) is 3.32. The van der Waals surface area contributed by atoms with Crippen molar-refractivity contribution in [2.45, 2.75) is 44.1 Å². The van der Waals surface area contributed by atoms with Gasteiger partial charge in [0, 0.05) is 24.7 Å². The lowest BCUT2D eigenvalue weighted by Crippen LogP contribution is -2.63. The molecule has 2 atom stereocenters. The third kappa shape index (κ3) is 5.56. The minimum Gasteiger partial charge on any atom is -0.432 e. The van der Waals surface area contributed by atoms with Gasteiger partial charge in [-0.3, -0.25) is 4.98 Å². The van der Waals surface area contributed by atoms with Crippen molar-refractivity contribution in [3.63, 3.8) is 0 Å². The Labute approximate surface area is 228 Å². The summed E-state index contributed by atoms with van der Waals surface area (Å²) >= 11 is 0. The highest BCUT2D eigenvalue weighted by atomic mass is 19.3. The third-order valence-corrected chi connectivity index (χ3v) is 6.97. The van der Waals surface area contributed by atoms with E-state index in [1.54, 1.807) is 9.47 Å². The average molecular weight is 583 g/mol. The first-order valence-electron chi connectivity index (χ1n) is 12.3. The Bertz CT molecular complexity index is 1570. The third-order valence-electron chi connectivity index (χ3n) is 6.97. The van der Waals surface area contributed by atoms with Crippen LogP contribution in [0.1, 0.15) is 18.4 Å². The number of aliphatic hydroxyl groups excluding tert-OH is 1. The summed E-state index contributed by atoms with van der Waals surface area (Å²) in [4.78, 5) is 18.3. The van der Waals surface area contributed by atoms with Crippen molar-refractivity contribution >= 4 is 22.7 Å². The minimum absolute atomic E-state index is 0.0416. The van der Waals surface area contributed by atoms with E-state index in [4.69, 9.17) is 11.5 Å². The molecule has 41 heavy (non-hydrogen) atoms. The Morgan fingerprint density at radius 3 is 2.56 bits per heavy atom. The number of nitrogen functional groups attached to an aromatic ring is 1. The molecule has 0 bridgehead atoms. The number of piperidine rings is 1. The molecule has 0 spiro atoms. The highest BCUT2D eigenvalue weighted by Crippen LogP contribution is 2.35. The molecule has 0 amide bonds. The summed E-state index contributed by atoms with van der Waals surface area (Å²) in [5, 5.41) is 10.1. The van der Waals surface area contributed by atoms with Gasteiger partial charge in [-0.1, -0.05) is 0 Å². The van der Waals surface area contributed by atoms with E-state index in [1.807, 2.05) is 0 Å². The van der Waals surface area contributed by atoms with E-state index >= 15 is 0 Å². The molecule has 0 saturated carbocycles. The fourth-order valence-corrected chi connectivity index (χ4v) is 4.97. The lowest BCUT2D eigenvalue weighted by atomic mass is 9.84. The summed E-state index contributed by atoms with van der Waals surface area (Å²) in [6, 6.07) is 2.62. The number of alkyl halides is 4. The molecule has 10 nitrogen and oxygen atoms in total. The largest absolute Gasteiger partial charge is 0.432 e. The van der Waals surface area contributed by atoms with Crippen LogP contribution >= 0.6 is 0 Å². The molecule has 1 aliphatic heterocycles. The predicted molar refractivity (Wildman–Crippen MR) is 135 cm³/mol. The van der Waals surface area contributed by atoms with Crippen LogP contribution in [0.2, 0.25) is 0 Å². The molecule has 5 rings (SSSR count). The molecule has 4 heterocycles. The van der Waals surface area contributed by atoms with Crippen molar-refractivity contribution in [3.8, 4) is 17.0 Å². The second-order valence-corrected chi connectivity index (χ2v) is 9.68. The van der Waals surface area contributed by atoms with Crippen molar-refractivity contribution in [3.05, 3.63) is 54.2 Å². The second kappa shape index (κ2) is 11.0. The van der Waals surface area contributed by atoms with Crippen LogP contribution in [0.5, 0.6) is 5.75 Å². The zero-order chi connectivity index (χ0) is 29.5. The number of fused-ring (bicyclic) bond motifs is 1. The van der Waals surface area contributed by atoms with Crippen molar-refractivity contribution in [1.82, 2.24) is 24.5 Å². The van der Waals surface area contributed by atoms with Crippen LogP contribution in [0, 0.1) is 11.6 Å². The summed E-state index contributed by atoms with van der Waals surface area (Å²) in [6.45, 7) is -3.08. The van der Waals surface area contributed by atoms with Crippen LogP contribution in [0.4, 0.5) is 37.8 Å². The van der Waals surface area contributed by atoms with Gasteiger partial charge >= 0.3 is 6.61 Å². The number of hydrogen-bond acceptors (Lipinski definition) is 9. The van der Waals surface area contributed by atoms with Gasteiger partial charge in [0.15, 0.2) is 23.0 Å². The SMILES string of the molecule is Nc1ncnc2c1ncn2Cc1cc(-c2cc(F)c(OC(F)F)cc2F)ncc1N1CCC[C@](N)([C@@H](O)C(F)F)C1. The van der Waals surface area contributed by atoms with Crippen molar-refractivity contribution in [1.29, 1.82) is 0 Å². The Morgan fingerprint density at radius 2 is 1.83 bits per heavy atom. The van der Waals surface area contributed by atoms with Gasteiger partial charge in [0.2, 0.25) is 0 Å². The number of anilines is 2. The molecule has 0 aliphatic carbocycles. The van der Waals surface area contributed by atoms with Crippen LogP contribution < -0.4 is 21.1 Å². The van der Waals surface area contributed by atoms with E-state index < -0.39 is 42.1 Å². The number of aliphatic hydroxyl groups is 1. The number of halogens is 6. The first-order chi connectivity index (χ1) is 19.5. The van der Waals surface area contributed by atoms with Crippen LogP contribution in [0.15, 0.2) is 37.1 Å². The second-order valence-electron chi connectivity index (χ2n) is 9.68. The van der Waals surface area contributed by atoms with Crippen LogP contribution in [-0.4, -0.2) is 67.4 Å². The summed E-state index contributed by atoms with van der Waals surface area (Å²) in [6.07, 6.45) is -0.578. The smallest absolute Gasteiger partial charge is 0.387 e. The Hall–Kier alpha value is -4.18. The van der Waals surface area contributed by atoms with Gasteiger partial charge in [-0.25, -0.2) is 32.5 Å². The standard InChI is InChI=1S/C25H24F6N8O2/c26-14-6-18(41-24(30)31)15(27)5-13(14)16-4-12(8-39-11-37-19-22(32)35-10-36-23(19)39)17(7-34-16)38-3-1-2-25(33,9-38)20(40)21(28)29/h4-7,10-11,20-21,24,40H,1-3,8-9,33H2,(H2,32,35,36)/t20-,25+/m0/s1. The number of nitrogens with two attached hydrogens (primary N) is 2. The lowest BCUT2D eigenvalue weighted by molar-refractivity contribution is -0.0530. The van der Waals surface area contributed by atoms with Crippen molar-refractivity contribution in [2.24, 2.45) is 5.73 Å². The summed E-state index contributed by atoms with van der Waals surface area (Å²) in [7, 11) is 0. The summed E-state index contributed by atoms with van der Waals surface area (Å²) < 4.78 is 87.0. The van der Waals surface area contributed by atoms with Crippen molar-refractivity contribution < 1.29 is 36.2 Å².